The minimum absolute atomic E-state index is 0.494. The van der Waals surface area contributed by atoms with E-state index in [4.69, 9.17) is 0 Å². The Hall–Kier alpha value is -11.1. The molecule has 2 aliphatic carbocycles. The van der Waals surface area contributed by atoms with Gasteiger partial charge in [0.05, 0.1) is 21.9 Å². The molecule has 0 atom stereocenters. The first-order valence-corrected chi connectivity index (χ1v) is 29.9. The SMILES string of the molecule is c1ccc(-n2c3ccc(-c4ccc(N(c5ccc(-c6cccc7ccccc67)cc5)c5ccc6c(c5)-c5ccccc5C6(c5ccccc5)c5ccccc5)cc4)cc3c3cc(C4(c5ccccc5)c5ccccc5-c5ccccc54)ccc32)cc1. The predicted octanol–water partition coefficient (Wildman–Crippen LogP) is 21.5. The Kier molecular flexibility index (Phi) is 11.4. The van der Waals surface area contributed by atoms with Crippen molar-refractivity contribution in [1.82, 2.24) is 4.57 Å². The minimum atomic E-state index is -0.519. The molecule has 15 aromatic rings. The van der Waals surface area contributed by atoms with E-state index < -0.39 is 10.8 Å². The Morgan fingerprint density at radius 2 is 0.651 bits per heavy atom. The first-order chi connectivity index (χ1) is 42.7. The number of aromatic nitrogens is 1. The van der Waals surface area contributed by atoms with Crippen molar-refractivity contribution in [3.63, 3.8) is 0 Å². The van der Waals surface area contributed by atoms with Gasteiger partial charge in [0.15, 0.2) is 0 Å². The molecule has 0 unspecified atom stereocenters. The molecule has 17 rings (SSSR count). The fraction of sp³-hybridized carbons (Fsp3) is 0.0238. The molecule has 1 aromatic heterocycles. The lowest BCUT2D eigenvalue weighted by Gasteiger charge is -2.34. The molecule has 0 N–H and O–H groups in total. The smallest absolute Gasteiger partial charge is 0.0713 e. The van der Waals surface area contributed by atoms with Gasteiger partial charge >= 0.3 is 0 Å². The molecular formula is C84H56N2. The van der Waals surface area contributed by atoms with Crippen LogP contribution in [0.1, 0.15) is 44.5 Å². The number of anilines is 3. The van der Waals surface area contributed by atoms with Gasteiger partial charge < -0.3 is 9.47 Å². The fourth-order valence-corrected chi connectivity index (χ4v) is 15.1. The van der Waals surface area contributed by atoms with E-state index in [0.717, 1.165) is 33.9 Å². The summed E-state index contributed by atoms with van der Waals surface area (Å²) in [5.74, 6) is 0. The summed E-state index contributed by atoms with van der Waals surface area (Å²) >= 11 is 0. The number of hydrogen-bond acceptors (Lipinski definition) is 1. The highest BCUT2D eigenvalue weighted by Gasteiger charge is 2.47. The third-order valence-corrected chi connectivity index (χ3v) is 18.8. The molecule has 0 aliphatic heterocycles. The van der Waals surface area contributed by atoms with Gasteiger partial charge in [-0.25, -0.2) is 0 Å². The van der Waals surface area contributed by atoms with Crippen LogP contribution in [0.3, 0.4) is 0 Å². The third kappa shape index (κ3) is 7.39. The van der Waals surface area contributed by atoms with E-state index in [-0.39, 0.29) is 0 Å². The van der Waals surface area contributed by atoms with E-state index >= 15 is 0 Å². The zero-order chi connectivity index (χ0) is 56.8. The zero-order valence-electron chi connectivity index (χ0n) is 47.2. The van der Waals surface area contributed by atoms with Gasteiger partial charge in [0.1, 0.15) is 0 Å². The van der Waals surface area contributed by atoms with Crippen LogP contribution >= 0.6 is 0 Å². The number of hydrogen-bond donors (Lipinski definition) is 0. The normalized spacial score (nSPS) is 13.3. The summed E-state index contributed by atoms with van der Waals surface area (Å²) in [6.45, 7) is 0. The molecule has 0 saturated carbocycles. The van der Waals surface area contributed by atoms with Crippen molar-refractivity contribution in [3.8, 4) is 50.2 Å². The highest BCUT2D eigenvalue weighted by molar-refractivity contribution is 6.11. The molecule has 402 valence electrons. The molecule has 14 aromatic carbocycles. The van der Waals surface area contributed by atoms with Crippen LogP contribution in [-0.4, -0.2) is 4.57 Å². The summed E-state index contributed by atoms with van der Waals surface area (Å²) in [5.41, 5.74) is 25.7. The average molecular weight is 1090 g/mol. The second-order valence-electron chi connectivity index (χ2n) is 23.1. The van der Waals surface area contributed by atoms with Gasteiger partial charge in [-0.3, -0.25) is 0 Å². The molecule has 1 heterocycles. The van der Waals surface area contributed by atoms with Crippen molar-refractivity contribution in [2.24, 2.45) is 0 Å². The molecule has 0 spiro atoms. The number of benzene rings is 14. The van der Waals surface area contributed by atoms with Crippen molar-refractivity contribution in [3.05, 3.63) is 384 Å². The lowest BCUT2D eigenvalue weighted by atomic mass is 9.67. The molecule has 0 bridgehead atoms. The number of rotatable bonds is 10. The maximum Gasteiger partial charge on any atom is 0.0713 e. The summed E-state index contributed by atoms with van der Waals surface area (Å²) in [7, 11) is 0. The van der Waals surface area contributed by atoms with Gasteiger partial charge in [-0.2, -0.15) is 0 Å². The zero-order valence-corrected chi connectivity index (χ0v) is 47.2. The highest BCUT2D eigenvalue weighted by Crippen LogP contribution is 2.59. The molecular weight excluding hydrogens is 1040 g/mol. The maximum absolute atomic E-state index is 2.50. The van der Waals surface area contributed by atoms with E-state index in [1.165, 1.54) is 110 Å². The molecule has 0 radical (unpaired) electrons. The van der Waals surface area contributed by atoms with E-state index in [9.17, 15) is 0 Å². The van der Waals surface area contributed by atoms with Gasteiger partial charge in [0.25, 0.3) is 0 Å². The quantitative estimate of drug-likeness (QED) is 0.132. The van der Waals surface area contributed by atoms with E-state index in [0.29, 0.717) is 0 Å². The summed E-state index contributed by atoms with van der Waals surface area (Å²) in [6.07, 6.45) is 0. The minimum Gasteiger partial charge on any atom is -0.310 e. The van der Waals surface area contributed by atoms with Crippen molar-refractivity contribution >= 4 is 49.6 Å². The Morgan fingerprint density at radius 3 is 1.24 bits per heavy atom. The first-order valence-electron chi connectivity index (χ1n) is 29.9. The van der Waals surface area contributed by atoms with Crippen LogP contribution in [0.4, 0.5) is 17.1 Å². The topological polar surface area (TPSA) is 8.17 Å². The number of fused-ring (bicyclic) bond motifs is 10. The van der Waals surface area contributed by atoms with Crippen molar-refractivity contribution < 1.29 is 0 Å². The van der Waals surface area contributed by atoms with Crippen LogP contribution in [0.15, 0.2) is 340 Å². The van der Waals surface area contributed by atoms with Gasteiger partial charge in [-0.1, -0.05) is 267 Å². The van der Waals surface area contributed by atoms with Crippen molar-refractivity contribution in [2.75, 3.05) is 4.90 Å². The van der Waals surface area contributed by atoms with E-state index in [2.05, 4.69) is 349 Å². The van der Waals surface area contributed by atoms with Crippen LogP contribution < -0.4 is 4.90 Å². The van der Waals surface area contributed by atoms with Crippen molar-refractivity contribution in [2.45, 2.75) is 10.8 Å². The molecule has 2 aliphatic rings. The monoisotopic (exact) mass is 1090 g/mol. The largest absolute Gasteiger partial charge is 0.310 e. The van der Waals surface area contributed by atoms with Gasteiger partial charge in [0, 0.05) is 33.5 Å². The van der Waals surface area contributed by atoms with Crippen LogP contribution in [-0.2, 0) is 10.8 Å². The summed E-state index contributed by atoms with van der Waals surface area (Å²) in [6, 6.07) is 126. The average Bonchev–Trinajstić information content (AvgIpc) is 1.79. The summed E-state index contributed by atoms with van der Waals surface area (Å²) in [5, 5.41) is 4.91. The van der Waals surface area contributed by atoms with Crippen LogP contribution in [0.5, 0.6) is 0 Å². The number of para-hydroxylation sites is 1. The predicted molar refractivity (Wildman–Crippen MR) is 358 cm³/mol. The van der Waals surface area contributed by atoms with Gasteiger partial charge in [0.2, 0.25) is 0 Å². The Labute approximate surface area is 501 Å². The Balaban J connectivity index is 0.826. The lowest BCUT2D eigenvalue weighted by molar-refractivity contribution is 0.768. The number of nitrogens with zero attached hydrogens (tertiary/aromatic N) is 2. The maximum atomic E-state index is 2.50. The molecule has 0 fully saturated rings. The molecule has 2 nitrogen and oxygen atoms in total. The third-order valence-electron chi connectivity index (χ3n) is 18.8. The van der Waals surface area contributed by atoms with Gasteiger partial charge in [-0.05, 0) is 173 Å². The summed E-state index contributed by atoms with van der Waals surface area (Å²) < 4.78 is 2.44. The second-order valence-corrected chi connectivity index (χ2v) is 23.1. The lowest BCUT2D eigenvalue weighted by Crippen LogP contribution is -2.28. The first kappa shape index (κ1) is 49.5. The van der Waals surface area contributed by atoms with Crippen LogP contribution in [0.25, 0.3) is 82.8 Å². The highest BCUT2D eigenvalue weighted by atomic mass is 15.1. The fourth-order valence-electron chi connectivity index (χ4n) is 15.1. The molecule has 86 heavy (non-hydrogen) atoms. The summed E-state index contributed by atoms with van der Waals surface area (Å²) in [4.78, 5) is 2.44. The molecule has 0 amide bonds. The van der Waals surface area contributed by atoms with Gasteiger partial charge in [-0.15, -0.1) is 0 Å². The Bertz CT molecular complexity index is 4990. The second kappa shape index (κ2) is 19.8. The van der Waals surface area contributed by atoms with Crippen molar-refractivity contribution in [1.29, 1.82) is 0 Å². The standard InChI is InChI=1S/C84H56N2/c1-5-24-61(25-6-1)83(62-26-7-2-8-27-62)79-39-20-17-35-73(79)74-56-68(50-51-80(74)83)85(67-48-42-59(43-49-67)70-36-21-23-58-22-13-14-32-69(58)70)66-46-40-57(41-47-66)60-44-52-81-75(54-60)76-55-64(45-53-82(76)86(81)65-30-11-4-12-31-65)84(63-28-9-3-10-29-63)77-37-18-15-33-71(77)72-34-16-19-38-78(72)84/h1-56H. The van der Waals surface area contributed by atoms with E-state index in [1.807, 2.05) is 0 Å². The Morgan fingerprint density at radius 1 is 0.233 bits per heavy atom. The molecule has 2 heteroatoms. The van der Waals surface area contributed by atoms with Crippen LogP contribution in [0, 0.1) is 0 Å². The van der Waals surface area contributed by atoms with Crippen LogP contribution in [0.2, 0.25) is 0 Å². The van der Waals surface area contributed by atoms with E-state index in [1.54, 1.807) is 0 Å². The molecule has 0 saturated heterocycles.